The normalized spacial score (nSPS) is 20.4. The molecule has 1 saturated heterocycles. The first-order valence-corrected chi connectivity index (χ1v) is 7.44. The molecule has 0 radical (unpaired) electrons. The largest absolute Gasteiger partial charge is 0.508 e. The minimum Gasteiger partial charge on any atom is -0.508 e. The van der Waals surface area contributed by atoms with Gasteiger partial charge in [-0.1, -0.05) is 23.2 Å². The van der Waals surface area contributed by atoms with E-state index in [1.165, 1.54) is 12.1 Å². The van der Waals surface area contributed by atoms with Crippen molar-refractivity contribution in [2.24, 2.45) is 5.92 Å². The SMILES string of the molecule is C[C@@H](NC(=O)[C@@H]1CCCNC1)c1c(O)ccc(Cl)c1Cl. The fourth-order valence-corrected chi connectivity index (χ4v) is 2.94. The molecule has 0 unspecified atom stereocenters. The van der Waals surface area contributed by atoms with E-state index in [-0.39, 0.29) is 22.6 Å². The van der Waals surface area contributed by atoms with E-state index in [0.29, 0.717) is 17.1 Å². The monoisotopic (exact) mass is 316 g/mol. The summed E-state index contributed by atoms with van der Waals surface area (Å²) in [5.41, 5.74) is 0.455. The molecule has 2 atom stereocenters. The van der Waals surface area contributed by atoms with E-state index in [2.05, 4.69) is 10.6 Å². The number of rotatable bonds is 3. The van der Waals surface area contributed by atoms with Gasteiger partial charge in [-0.2, -0.15) is 0 Å². The van der Waals surface area contributed by atoms with Crippen LogP contribution in [0, 0.1) is 5.92 Å². The van der Waals surface area contributed by atoms with Crippen LogP contribution in [0.15, 0.2) is 12.1 Å². The first kappa shape index (κ1) is 15.4. The molecule has 0 saturated carbocycles. The summed E-state index contributed by atoms with van der Waals surface area (Å²) in [6.45, 7) is 3.43. The van der Waals surface area contributed by atoms with Gasteiger partial charge in [0.15, 0.2) is 0 Å². The molecule has 1 aliphatic rings. The van der Waals surface area contributed by atoms with Crippen LogP contribution in [0.25, 0.3) is 0 Å². The Morgan fingerprint density at radius 1 is 1.50 bits per heavy atom. The highest BCUT2D eigenvalue weighted by Crippen LogP contribution is 2.36. The third kappa shape index (κ3) is 3.37. The lowest BCUT2D eigenvalue weighted by Crippen LogP contribution is -2.41. The fraction of sp³-hybridized carbons (Fsp3) is 0.500. The van der Waals surface area contributed by atoms with Crippen molar-refractivity contribution in [3.05, 3.63) is 27.7 Å². The number of aromatic hydroxyl groups is 1. The summed E-state index contributed by atoms with van der Waals surface area (Å²) in [6, 6.07) is 2.62. The molecule has 6 heteroatoms. The van der Waals surface area contributed by atoms with E-state index >= 15 is 0 Å². The smallest absolute Gasteiger partial charge is 0.224 e. The molecule has 1 amide bonds. The van der Waals surface area contributed by atoms with E-state index in [9.17, 15) is 9.90 Å². The van der Waals surface area contributed by atoms with Crippen molar-refractivity contribution in [1.29, 1.82) is 0 Å². The van der Waals surface area contributed by atoms with Crippen LogP contribution in [-0.2, 0) is 4.79 Å². The zero-order valence-corrected chi connectivity index (χ0v) is 12.8. The summed E-state index contributed by atoms with van der Waals surface area (Å²) in [7, 11) is 0. The fourth-order valence-electron chi connectivity index (χ4n) is 2.45. The number of phenolic OH excluding ortho intramolecular Hbond substituents is 1. The number of carbonyl (C=O) groups is 1. The van der Waals surface area contributed by atoms with Crippen LogP contribution in [-0.4, -0.2) is 24.1 Å². The van der Waals surface area contributed by atoms with Crippen LogP contribution >= 0.6 is 23.2 Å². The zero-order chi connectivity index (χ0) is 14.7. The molecule has 1 fully saturated rings. The Hall–Kier alpha value is -0.970. The molecule has 110 valence electrons. The van der Waals surface area contributed by atoms with Crippen LogP contribution < -0.4 is 10.6 Å². The molecule has 0 spiro atoms. The second-order valence-electron chi connectivity index (χ2n) is 5.07. The Morgan fingerprint density at radius 3 is 2.90 bits per heavy atom. The lowest BCUT2D eigenvalue weighted by molar-refractivity contribution is -0.126. The Labute approximate surface area is 128 Å². The van der Waals surface area contributed by atoms with Gasteiger partial charge in [0, 0.05) is 12.1 Å². The highest BCUT2D eigenvalue weighted by molar-refractivity contribution is 6.42. The van der Waals surface area contributed by atoms with Crippen molar-refractivity contribution in [2.45, 2.75) is 25.8 Å². The van der Waals surface area contributed by atoms with Gasteiger partial charge in [-0.3, -0.25) is 4.79 Å². The quantitative estimate of drug-likeness (QED) is 0.803. The second kappa shape index (κ2) is 6.66. The van der Waals surface area contributed by atoms with Gasteiger partial charge in [0.2, 0.25) is 5.91 Å². The number of hydrogen-bond donors (Lipinski definition) is 3. The molecule has 0 aromatic heterocycles. The van der Waals surface area contributed by atoms with Gasteiger partial charge in [0.05, 0.1) is 22.0 Å². The van der Waals surface area contributed by atoms with Gasteiger partial charge in [-0.05, 0) is 38.4 Å². The van der Waals surface area contributed by atoms with E-state index < -0.39 is 6.04 Å². The van der Waals surface area contributed by atoms with Crippen molar-refractivity contribution in [2.75, 3.05) is 13.1 Å². The van der Waals surface area contributed by atoms with Crippen molar-refractivity contribution in [1.82, 2.24) is 10.6 Å². The summed E-state index contributed by atoms with van der Waals surface area (Å²) in [4.78, 5) is 12.2. The standard InChI is InChI=1S/C14H18Cl2N2O2/c1-8(12-11(19)5-4-10(15)13(12)16)18-14(20)9-3-2-6-17-7-9/h4-5,8-9,17,19H,2-3,6-7H2,1H3,(H,18,20)/t8-,9-/m1/s1. The number of amides is 1. The molecule has 0 aliphatic carbocycles. The number of benzene rings is 1. The Morgan fingerprint density at radius 2 is 2.25 bits per heavy atom. The average Bonchev–Trinajstić information content (AvgIpc) is 2.44. The van der Waals surface area contributed by atoms with Crippen molar-refractivity contribution in [3.63, 3.8) is 0 Å². The van der Waals surface area contributed by atoms with Crippen molar-refractivity contribution >= 4 is 29.1 Å². The van der Waals surface area contributed by atoms with Crippen LogP contribution in [0.2, 0.25) is 10.0 Å². The van der Waals surface area contributed by atoms with Gasteiger partial charge in [-0.25, -0.2) is 0 Å². The lowest BCUT2D eigenvalue weighted by atomic mass is 9.97. The summed E-state index contributed by atoms with van der Waals surface area (Å²) in [5.74, 6) is -0.0274. The van der Waals surface area contributed by atoms with E-state index in [1.54, 1.807) is 6.92 Å². The molecule has 1 aliphatic heterocycles. The molecule has 1 heterocycles. The van der Waals surface area contributed by atoms with Gasteiger partial charge >= 0.3 is 0 Å². The first-order chi connectivity index (χ1) is 9.50. The van der Waals surface area contributed by atoms with Crippen molar-refractivity contribution in [3.8, 4) is 5.75 Å². The predicted octanol–water partition coefficient (Wildman–Crippen LogP) is 2.88. The third-order valence-corrected chi connectivity index (χ3v) is 4.39. The topological polar surface area (TPSA) is 61.4 Å². The minimum atomic E-state index is -0.393. The number of nitrogens with one attached hydrogen (secondary N) is 2. The van der Waals surface area contributed by atoms with Gasteiger partial charge in [-0.15, -0.1) is 0 Å². The Bertz CT molecular complexity index is 502. The number of piperidine rings is 1. The van der Waals surface area contributed by atoms with Crippen molar-refractivity contribution < 1.29 is 9.90 Å². The molecule has 3 N–H and O–H groups in total. The van der Waals surface area contributed by atoms with Gasteiger partial charge in [0.1, 0.15) is 5.75 Å². The molecule has 4 nitrogen and oxygen atoms in total. The first-order valence-electron chi connectivity index (χ1n) is 6.68. The molecule has 1 aromatic rings. The maximum Gasteiger partial charge on any atom is 0.224 e. The number of hydrogen-bond acceptors (Lipinski definition) is 3. The number of halogens is 2. The van der Waals surface area contributed by atoms with Crippen LogP contribution in [0.4, 0.5) is 0 Å². The van der Waals surface area contributed by atoms with E-state index in [1.807, 2.05) is 0 Å². The molecule has 0 bridgehead atoms. The lowest BCUT2D eigenvalue weighted by Gasteiger charge is -2.25. The second-order valence-corrected chi connectivity index (χ2v) is 5.85. The van der Waals surface area contributed by atoms with E-state index in [0.717, 1.165) is 19.4 Å². The third-order valence-electron chi connectivity index (χ3n) is 3.57. The maximum absolute atomic E-state index is 12.2. The molecular weight excluding hydrogens is 299 g/mol. The molecule has 20 heavy (non-hydrogen) atoms. The highest BCUT2D eigenvalue weighted by atomic mass is 35.5. The number of carbonyl (C=O) groups excluding carboxylic acids is 1. The summed E-state index contributed by atoms with van der Waals surface area (Å²) >= 11 is 12.1. The van der Waals surface area contributed by atoms with Gasteiger partial charge < -0.3 is 15.7 Å². The molecular formula is C14H18Cl2N2O2. The Balaban J connectivity index is 2.10. The summed E-state index contributed by atoms with van der Waals surface area (Å²) in [6.07, 6.45) is 1.87. The van der Waals surface area contributed by atoms with Crippen LogP contribution in [0.3, 0.4) is 0 Å². The minimum absolute atomic E-state index is 0.0276. The highest BCUT2D eigenvalue weighted by Gasteiger charge is 2.24. The molecule has 2 rings (SSSR count). The summed E-state index contributed by atoms with van der Waals surface area (Å²) in [5, 5.41) is 16.6. The maximum atomic E-state index is 12.2. The molecule has 1 aromatic carbocycles. The zero-order valence-electron chi connectivity index (χ0n) is 11.2. The number of phenols is 1. The average molecular weight is 317 g/mol. The van der Waals surface area contributed by atoms with Gasteiger partial charge in [0.25, 0.3) is 0 Å². The van der Waals surface area contributed by atoms with Crippen LogP contribution in [0.5, 0.6) is 5.75 Å². The van der Waals surface area contributed by atoms with E-state index in [4.69, 9.17) is 23.2 Å². The predicted molar refractivity (Wildman–Crippen MR) is 80.3 cm³/mol. The Kier molecular flexibility index (Phi) is 5.13. The summed E-state index contributed by atoms with van der Waals surface area (Å²) < 4.78 is 0. The van der Waals surface area contributed by atoms with Crippen LogP contribution in [0.1, 0.15) is 31.4 Å².